The molecule has 5 N–H and O–H groups in total. The summed E-state index contributed by atoms with van der Waals surface area (Å²) in [6.45, 7) is 6.91. The van der Waals surface area contributed by atoms with Crippen LogP contribution >= 0.6 is 0 Å². The second-order valence-electron chi connectivity index (χ2n) is 9.98. The van der Waals surface area contributed by atoms with E-state index in [-0.39, 0.29) is 18.0 Å². The van der Waals surface area contributed by atoms with Gasteiger partial charge in [-0.2, -0.15) is 0 Å². The standard InChI is InChI=1S/C28H37N5O2/c1-17-7-4-8-18(2)33(17)19(3)9-5-12-23-22(16-34)13-14-24-26(23)32-28(35)25(31-24)20-10-6-11-21(15-20)27(29)30/h6,10-11,13-15,17-19,34H,4-5,7-9,12,16H2,1-3H3,(H3,29,30)(H,32,35). The summed E-state index contributed by atoms with van der Waals surface area (Å²) in [7, 11) is 0. The van der Waals surface area contributed by atoms with E-state index < -0.39 is 0 Å². The van der Waals surface area contributed by atoms with Crippen LogP contribution in [-0.2, 0) is 13.0 Å². The van der Waals surface area contributed by atoms with Crippen LogP contribution in [-0.4, -0.2) is 43.9 Å². The molecule has 0 spiro atoms. The fraction of sp³-hybridized carbons (Fsp3) is 0.464. The average molecular weight is 476 g/mol. The number of fused-ring (bicyclic) bond motifs is 1. The monoisotopic (exact) mass is 475 g/mol. The van der Waals surface area contributed by atoms with Crippen LogP contribution in [0.15, 0.2) is 41.2 Å². The van der Waals surface area contributed by atoms with Crippen LogP contribution in [0.5, 0.6) is 0 Å². The number of aryl methyl sites for hydroxylation is 1. The molecule has 0 amide bonds. The van der Waals surface area contributed by atoms with E-state index in [1.54, 1.807) is 24.3 Å². The fourth-order valence-corrected chi connectivity index (χ4v) is 5.75. The molecule has 1 aromatic heterocycles. The van der Waals surface area contributed by atoms with Gasteiger partial charge in [0.05, 0.1) is 17.6 Å². The van der Waals surface area contributed by atoms with Crippen LogP contribution in [0.25, 0.3) is 22.3 Å². The van der Waals surface area contributed by atoms with Crippen molar-refractivity contribution in [3.05, 3.63) is 63.4 Å². The quantitative estimate of drug-likeness (QED) is 0.285. The van der Waals surface area contributed by atoms with Crippen molar-refractivity contribution in [2.75, 3.05) is 0 Å². The molecular formula is C28H37N5O2. The zero-order valence-corrected chi connectivity index (χ0v) is 21.0. The molecule has 1 fully saturated rings. The molecule has 0 aliphatic carbocycles. The highest BCUT2D eigenvalue weighted by atomic mass is 16.3. The normalized spacial score (nSPS) is 19.7. The van der Waals surface area contributed by atoms with Crippen molar-refractivity contribution in [1.82, 2.24) is 14.9 Å². The topological polar surface area (TPSA) is 119 Å². The summed E-state index contributed by atoms with van der Waals surface area (Å²) in [6.07, 6.45) is 6.62. The average Bonchev–Trinajstić information content (AvgIpc) is 2.83. The van der Waals surface area contributed by atoms with Gasteiger partial charge in [0, 0.05) is 29.3 Å². The molecule has 4 rings (SSSR count). The summed E-state index contributed by atoms with van der Waals surface area (Å²) in [4.78, 5) is 23.4. The highest BCUT2D eigenvalue weighted by molar-refractivity contribution is 5.96. The van der Waals surface area contributed by atoms with Gasteiger partial charge < -0.3 is 15.8 Å². The Morgan fingerprint density at radius 1 is 1.26 bits per heavy atom. The number of nitrogens with zero attached hydrogens (tertiary/aromatic N) is 2. The van der Waals surface area contributed by atoms with Gasteiger partial charge in [-0.3, -0.25) is 15.1 Å². The Hall–Kier alpha value is -3.03. The van der Waals surface area contributed by atoms with Crippen molar-refractivity contribution >= 4 is 16.9 Å². The molecule has 0 saturated carbocycles. The number of hydrogen-bond donors (Lipinski definition) is 4. The molecule has 1 saturated heterocycles. The van der Waals surface area contributed by atoms with Crippen molar-refractivity contribution in [3.63, 3.8) is 0 Å². The first-order chi connectivity index (χ1) is 16.8. The summed E-state index contributed by atoms with van der Waals surface area (Å²) in [6, 6.07) is 12.5. The van der Waals surface area contributed by atoms with Crippen molar-refractivity contribution in [2.45, 2.75) is 84.0 Å². The van der Waals surface area contributed by atoms with E-state index in [9.17, 15) is 9.90 Å². The van der Waals surface area contributed by atoms with E-state index in [1.807, 2.05) is 12.1 Å². The number of rotatable bonds is 8. The molecule has 3 aromatic rings. The van der Waals surface area contributed by atoms with Gasteiger partial charge in [-0.1, -0.05) is 30.7 Å². The van der Waals surface area contributed by atoms with Crippen LogP contribution < -0.4 is 11.3 Å². The van der Waals surface area contributed by atoms with E-state index in [2.05, 4.69) is 35.6 Å². The van der Waals surface area contributed by atoms with Gasteiger partial charge >= 0.3 is 0 Å². The minimum Gasteiger partial charge on any atom is -0.392 e. The number of aliphatic hydroxyl groups is 1. The minimum atomic E-state index is -0.293. The van der Waals surface area contributed by atoms with Crippen LogP contribution in [0.3, 0.4) is 0 Å². The van der Waals surface area contributed by atoms with Gasteiger partial charge in [0.1, 0.15) is 11.5 Å². The Balaban J connectivity index is 1.60. The molecule has 0 bridgehead atoms. The third-order valence-electron chi connectivity index (χ3n) is 7.51. The fourth-order valence-electron chi connectivity index (χ4n) is 5.75. The molecule has 1 aliphatic rings. The van der Waals surface area contributed by atoms with Crippen LogP contribution in [0.4, 0.5) is 0 Å². The first-order valence-corrected chi connectivity index (χ1v) is 12.7. The van der Waals surface area contributed by atoms with E-state index in [1.165, 1.54) is 19.3 Å². The van der Waals surface area contributed by atoms with Gasteiger partial charge in [-0.15, -0.1) is 0 Å². The van der Waals surface area contributed by atoms with Crippen molar-refractivity contribution in [1.29, 1.82) is 5.41 Å². The molecular weight excluding hydrogens is 438 g/mol. The number of aliphatic hydroxyl groups excluding tert-OH is 1. The summed E-state index contributed by atoms with van der Waals surface area (Å²) < 4.78 is 0. The van der Waals surface area contributed by atoms with Gasteiger partial charge in [0.25, 0.3) is 5.56 Å². The Bertz CT molecular complexity index is 1260. The summed E-state index contributed by atoms with van der Waals surface area (Å²) in [5.41, 5.74) is 9.96. The molecule has 7 nitrogen and oxygen atoms in total. The molecule has 0 radical (unpaired) electrons. The van der Waals surface area contributed by atoms with E-state index in [4.69, 9.17) is 11.1 Å². The molecule has 3 unspecified atom stereocenters. The Kier molecular flexibility index (Phi) is 7.67. The predicted molar refractivity (Wildman–Crippen MR) is 142 cm³/mol. The number of nitrogens with one attached hydrogen (secondary N) is 2. The lowest BCUT2D eigenvalue weighted by Crippen LogP contribution is -2.48. The largest absolute Gasteiger partial charge is 0.392 e. The number of piperidine rings is 1. The Morgan fingerprint density at radius 2 is 2.00 bits per heavy atom. The van der Waals surface area contributed by atoms with E-state index in [0.29, 0.717) is 46.0 Å². The highest BCUT2D eigenvalue weighted by Crippen LogP contribution is 2.28. The minimum absolute atomic E-state index is 0.0542. The molecule has 2 aromatic carbocycles. The van der Waals surface area contributed by atoms with Crippen LogP contribution in [0.2, 0.25) is 0 Å². The number of aromatic nitrogens is 2. The number of benzene rings is 2. The number of hydrogen-bond acceptors (Lipinski definition) is 5. The maximum Gasteiger partial charge on any atom is 0.274 e. The number of nitrogens with two attached hydrogens (primary N) is 1. The number of likely N-dealkylation sites (tertiary alicyclic amines) is 1. The maximum atomic E-state index is 13.1. The Labute approximate surface area is 206 Å². The van der Waals surface area contributed by atoms with Crippen LogP contribution in [0, 0.1) is 5.41 Å². The lowest BCUT2D eigenvalue weighted by atomic mass is 9.93. The Morgan fingerprint density at radius 3 is 2.69 bits per heavy atom. The van der Waals surface area contributed by atoms with Crippen molar-refractivity contribution in [2.24, 2.45) is 5.73 Å². The maximum absolute atomic E-state index is 13.1. The zero-order chi connectivity index (χ0) is 25.1. The van der Waals surface area contributed by atoms with Crippen molar-refractivity contribution < 1.29 is 5.11 Å². The van der Waals surface area contributed by atoms with Gasteiger partial charge in [-0.05, 0) is 76.1 Å². The van der Waals surface area contributed by atoms with Crippen LogP contribution in [0.1, 0.15) is 69.6 Å². The van der Waals surface area contributed by atoms with E-state index in [0.717, 1.165) is 30.4 Å². The lowest BCUT2D eigenvalue weighted by molar-refractivity contribution is 0.0580. The molecule has 3 atom stereocenters. The third kappa shape index (κ3) is 5.31. The lowest BCUT2D eigenvalue weighted by Gasteiger charge is -2.43. The number of aromatic amines is 1. The molecule has 1 aliphatic heterocycles. The van der Waals surface area contributed by atoms with Gasteiger partial charge in [-0.25, -0.2) is 4.98 Å². The second kappa shape index (κ2) is 10.7. The number of nitrogen functional groups attached to an aromatic ring is 1. The SMILES string of the molecule is CC(CCCc1c(CO)ccc2nc(-c3cccc(C(=N)N)c3)c(=O)[nH]c12)N1C(C)CCCC1C. The first-order valence-electron chi connectivity index (χ1n) is 12.7. The van der Waals surface area contributed by atoms with Gasteiger partial charge in [0.15, 0.2) is 0 Å². The summed E-state index contributed by atoms with van der Waals surface area (Å²) in [5.74, 6) is -0.0542. The summed E-state index contributed by atoms with van der Waals surface area (Å²) >= 11 is 0. The first kappa shape index (κ1) is 25.1. The second-order valence-corrected chi connectivity index (χ2v) is 9.98. The van der Waals surface area contributed by atoms with Crippen molar-refractivity contribution in [3.8, 4) is 11.3 Å². The van der Waals surface area contributed by atoms with E-state index >= 15 is 0 Å². The highest BCUT2D eigenvalue weighted by Gasteiger charge is 2.28. The zero-order valence-electron chi connectivity index (χ0n) is 21.0. The predicted octanol–water partition coefficient (Wildman–Crippen LogP) is 4.34. The molecule has 35 heavy (non-hydrogen) atoms. The smallest absolute Gasteiger partial charge is 0.274 e. The molecule has 7 heteroatoms. The molecule has 2 heterocycles. The molecule has 186 valence electrons. The van der Waals surface area contributed by atoms with Gasteiger partial charge in [0.2, 0.25) is 0 Å². The summed E-state index contributed by atoms with van der Waals surface area (Å²) in [5, 5.41) is 17.7. The number of H-pyrrole nitrogens is 1. The third-order valence-corrected chi connectivity index (χ3v) is 7.51. The number of amidine groups is 1.